The van der Waals surface area contributed by atoms with Crippen molar-refractivity contribution in [2.45, 2.75) is 50.5 Å². The van der Waals surface area contributed by atoms with E-state index in [1.54, 1.807) is 0 Å². The lowest BCUT2D eigenvalue weighted by Crippen LogP contribution is -2.57. The van der Waals surface area contributed by atoms with Gasteiger partial charge < -0.3 is 15.5 Å². The summed E-state index contributed by atoms with van der Waals surface area (Å²) in [6.45, 7) is 2.93. The van der Waals surface area contributed by atoms with E-state index in [1.807, 2.05) is 4.90 Å². The van der Waals surface area contributed by atoms with E-state index >= 15 is 0 Å². The first-order chi connectivity index (χ1) is 9.01. The Hall–Kier alpha value is -0.0300. The van der Waals surface area contributed by atoms with Crippen LogP contribution < -0.4 is 5.73 Å². The number of likely N-dealkylation sites (tertiary alicyclic amines) is 1. The molecule has 1 heterocycles. The molecule has 0 unspecified atom stereocenters. The van der Waals surface area contributed by atoms with E-state index in [9.17, 15) is 4.79 Å². The second-order valence-electron chi connectivity index (χ2n) is 6.71. The number of nitrogens with two attached hydrogens (primary N) is 1. The second-order valence-corrected chi connectivity index (χ2v) is 6.71. The first kappa shape index (κ1) is 21.0. The molecule has 0 aromatic carbocycles. The lowest BCUT2D eigenvalue weighted by Gasteiger charge is -2.40. The van der Waals surface area contributed by atoms with Crippen molar-refractivity contribution in [2.24, 2.45) is 11.7 Å². The second kappa shape index (κ2) is 9.19. The normalized spacial score (nSPS) is 22.4. The molecule has 0 aromatic rings. The summed E-state index contributed by atoms with van der Waals surface area (Å²) in [6.07, 6.45) is 7.46. The lowest BCUT2D eigenvalue weighted by molar-refractivity contribution is -0.139. The fourth-order valence-electron chi connectivity index (χ4n) is 3.55. The first-order valence-electron chi connectivity index (χ1n) is 7.74. The minimum Gasteiger partial charge on any atom is -0.341 e. The van der Waals surface area contributed by atoms with E-state index in [0.29, 0.717) is 0 Å². The Labute approximate surface area is 141 Å². The van der Waals surface area contributed by atoms with Gasteiger partial charge in [0.05, 0.1) is 5.54 Å². The van der Waals surface area contributed by atoms with Gasteiger partial charge in [-0.15, -0.1) is 24.8 Å². The monoisotopic (exact) mass is 339 g/mol. The zero-order chi connectivity index (χ0) is 13.9. The molecule has 2 fully saturated rings. The minimum absolute atomic E-state index is 0. The fraction of sp³-hybridized carbons (Fsp3) is 0.933. The Bertz CT molecular complexity index is 312. The topological polar surface area (TPSA) is 49.6 Å². The summed E-state index contributed by atoms with van der Waals surface area (Å²) in [5.41, 5.74) is 5.80. The third-order valence-electron chi connectivity index (χ3n) is 4.70. The van der Waals surface area contributed by atoms with E-state index in [2.05, 4.69) is 19.0 Å². The number of rotatable bonds is 3. The van der Waals surface area contributed by atoms with Crippen molar-refractivity contribution in [3.05, 3.63) is 0 Å². The van der Waals surface area contributed by atoms with E-state index in [4.69, 9.17) is 5.73 Å². The molecule has 6 heteroatoms. The molecule has 0 atom stereocenters. The van der Waals surface area contributed by atoms with Crippen molar-refractivity contribution in [3.8, 4) is 0 Å². The summed E-state index contributed by atoms with van der Waals surface area (Å²) in [7, 11) is 4.24. The minimum atomic E-state index is -0.549. The van der Waals surface area contributed by atoms with Gasteiger partial charge in [-0.25, -0.2) is 0 Å². The van der Waals surface area contributed by atoms with Crippen molar-refractivity contribution in [1.29, 1.82) is 0 Å². The van der Waals surface area contributed by atoms with Gasteiger partial charge in [-0.2, -0.15) is 0 Å². The SMILES string of the molecule is CN(C)CC1CCN(C(=O)C2(N)CCCCC2)CC1.Cl.Cl. The molecule has 1 amide bonds. The van der Waals surface area contributed by atoms with Crippen LogP contribution in [0.2, 0.25) is 0 Å². The van der Waals surface area contributed by atoms with Gasteiger partial charge in [0.2, 0.25) is 5.91 Å². The molecule has 2 aliphatic rings. The van der Waals surface area contributed by atoms with E-state index in [0.717, 1.165) is 64.1 Å². The van der Waals surface area contributed by atoms with E-state index in [1.165, 1.54) is 6.42 Å². The molecular weight excluding hydrogens is 309 g/mol. The van der Waals surface area contributed by atoms with Crippen molar-refractivity contribution >= 4 is 30.7 Å². The molecule has 1 saturated heterocycles. The number of carbonyl (C=O) groups is 1. The molecule has 21 heavy (non-hydrogen) atoms. The van der Waals surface area contributed by atoms with Gasteiger partial charge in [0, 0.05) is 19.6 Å². The Morgan fingerprint density at radius 2 is 1.67 bits per heavy atom. The first-order valence-corrected chi connectivity index (χ1v) is 7.74. The Morgan fingerprint density at radius 3 is 2.14 bits per heavy atom. The highest BCUT2D eigenvalue weighted by Crippen LogP contribution is 2.29. The van der Waals surface area contributed by atoms with Gasteiger partial charge in [-0.1, -0.05) is 19.3 Å². The molecule has 2 rings (SSSR count). The predicted octanol–water partition coefficient (Wildman–Crippen LogP) is 2.29. The van der Waals surface area contributed by atoms with Crippen LogP contribution in [0.5, 0.6) is 0 Å². The summed E-state index contributed by atoms with van der Waals surface area (Å²) in [6, 6.07) is 0. The van der Waals surface area contributed by atoms with Gasteiger partial charge >= 0.3 is 0 Å². The molecule has 1 aliphatic carbocycles. The average molecular weight is 340 g/mol. The summed E-state index contributed by atoms with van der Waals surface area (Å²) < 4.78 is 0. The third kappa shape index (κ3) is 5.59. The molecule has 0 spiro atoms. The van der Waals surface area contributed by atoms with Crippen LogP contribution >= 0.6 is 24.8 Å². The molecule has 2 N–H and O–H groups in total. The highest BCUT2D eigenvalue weighted by Gasteiger charge is 2.39. The number of piperidine rings is 1. The molecule has 126 valence electrons. The van der Waals surface area contributed by atoms with Crippen LogP contribution in [0, 0.1) is 5.92 Å². The van der Waals surface area contributed by atoms with Gasteiger partial charge in [0.25, 0.3) is 0 Å². The molecular formula is C15H31Cl2N3O. The molecule has 0 aromatic heterocycles. The van der Waals surface area contributed by atoms with Crippen LogP contribution in [0.3, 0.4) is 0 Å². The maximum Gasteiger partial charge on any atom is 0.242 e. The van der Waals surface area contributed by atoms with Crippen LogP contribution in [0.15, 0.2) is 0 Å². The summed E-state index contributed by atoms with van der Waals surface area (Å²) in [5, 5.41) is 0. The number of nitrogens with zero attached hydrogens (tertiary/aromatic N) is 2. The quantitative estimate of drug-likeness (QED) is 0.858. The highest BCUT2D eigenvalue weighted by molar-refractivity contribution is 5.86. The summed E-state index contributed by atoms with van der Waals surface area (Å²) in [4.78, 5) is 16.9. The predicted molar refractivity (Wildman–Crippen MR) is 92.4 cm³/mol. The number of carbonyl (C=O) groups excluding carboxylic acids is 1. The van der Waals surface area contributed by atoms with Crippen LogP contribution in [0.25, 0.3) is 0 Å². The van der Waals surface area contributed by atoms with Gasteiger partial charge in [0.15, 0.2) is 0 Å². The molecule has 1 aliphatic heterocycles. The molecule has 0 radical (unpaired) electrons. The Morgan fingerprint density at radius 1 is 1.14 bits per heavy atom. The summed E-state index contributed by atoms with van der Waals surface area (Å²) >= 11 is 0. The molecule has 4 nitrogen and oxygen atoms in total. The maximum atomic E-state index is 12.6. The van der Waals surface area contributed by atoms with Crippen molar-refractivity contribution in [2.75, 3.05) is 33.7 Å². The molecule has 0 bridgehead atoms. The van der Waals surface area contributed by atoms with Crippen molar-refractivity contribution in [1.82, 2.24) is 9.80 Å². The zero-order valence-electron chi connectivity index (χ0n) is 13.3. The lowest BCUT2D eigenvalue weighted by atomic mass is 9.81. The number of hydrogen-bond acceptors (Lipinski definition) is 3. The van der Waals surface area contributed by atoms with Crippen molar-refractivity contribution < 1.29 is 4.79 Å². The van der Waals surface area contributed by atoms with Gasteiger partial charge in [-0.05, 0) is 45.7 Å². The van der Waals surface area contributed by atoms with Crippen LogP contribution in [-0.2, 0) is 4.79 Å². The van der Waals surface area contributed by atoms with Gasteiger partial charge in [-0.3, -0.25) is 4.79 Å². The van der Waals surface area contributed by atoms with Crippen LogP contribution in [0.4, 0.5) is 0 Å². The smallest absolute Gasteiger partial charge is 0.242 e. The van der Waals surface area contributed by atoms with Crippen molar-refractivity contribution in [3.63, 3.8) is 0 Å². The summed E-state index contributed by atoms with van der Waals surface area (Å²) in [5.74, 6) is 0.953. The maximum absolute atomic E-state index is 12.6. The molecule has 1 saturated carbocycles. The standard InChI is InChI=1S/C15H29N3O.2ClH/c1-17(2)12-13-6-10-18(11-7-13)14(19)15(16)8-4-3-5-9-15;;/h13H,3-12,16H2,1-2H3;2*1H. The highest BCUT2D eigenvalue weighted by atomic mass is 35.5. The number of halogens is 2. The largest absolute Gasteiger partial charge is 0.341 e. The van der Waals surface area contributed by atoms with E-state index in [-0.39, 0.29) is 30.7 Å². The Balaban J connectivity index is 0.00000200. The zero-order valence-corrected chi connectivity index (χ0v) is 15.0. The average Bonchev–Trinajstić information content (AvgIpc) is 2.39. The number of hydrogen-bond donors (Lipinski definition) is 1. The fourth-order valence-corrected chi connectivity index (χ4v) is 3.55. The van der Waals surface area contributed by atoms with E-state index < -0.39 is 5.54 Å². The van der Waals surface area contributed by atoms with Crippen LogP contribution in [-0.4, -0.2) is 55.0 Å². The van der Waals surface area contributed by atoms with Crippen LogP contribution in [0.1, 0.15) is 44.9 Å². The number of amides is 1. The third-order valence-corrected chi connectivity index (χ3v) is 4.70. The Kier molecular flexibility index (Phi) is 9.17. The van der Waals surface area contributed by atoms with Gasteiger partial charge in [0.1, 0.15) is 0 Å².